The Balaban J connectivity index is 1.66. The van der Waals surface area contributed by atoms with Crippen LogP contribution in [-0.4, -0.2) is 25.7 Å². The van der Waals surface area contributed by atoms with Crippen molar-refractivity contribution >= 4 is 23.3 Å². The number of nitrogens with zero attached hydrogens (tertiary/aromatic N) is 3. The Morgan fingerprint density at radius 3 is 2.57 bits per heavy atom. The van der Waals surface area contributed by atoms with E-state index in [-0.39, 0.29) is 17.6 Å². The van der Waals surface area contributed by atoms with Crippen molar-refractivity contribution < 1.29 is 9.90 Å². The van der Waals surface area contributed by atoms with E-state index in [2.05, 4.69) is 10.3 Å². The Hall–Kier alpha value is -3.12. The van der Waals surface area contributed by atoms with Gasteiger partial charge in [-0.1, -0.05) is 23.7 Å². The number of anilines is 1. The van der Waals surface area contributed by atoms with E-state index in [0.717, 1.165) is 35.2 Å². The molecule has 0 saturated heterocycles. The number of hydrogen-bond donors (Lipinski definition) is 2. The molecule has 1 unspecified atom stereocenters. The number of rotatable bonds is 2. The third kappa shape index (κ3) is 2.77. The second kappa shape index (κ2) is 6.49. The number of carbonyl (C=O) groups is 1. The zero-order chi connectivity index (χ0) is 19.3. The molecule has 2 aliphatic rings. The minimum atomic E-state index is -0.338. The summed E-state index contributed by atoms with van der Waals surface area (Å²) in [6.07, 6.45) is 2.18. The third-order valence-corrected chi connectivity index (χ3v) is 5.43. The number of hydrogen-bond acceptors (Lipinski definition) is 5. The van der Waals surface area contributed by atoms with Gasteiger partial charge in [-0.25, -0.2) is 4.68 Å². The molecular formula is C21H17ClN4O2. The van der Waals surface area contributed by atoms with E-state index >= 15 is 0 Å². The number of aromatic hydroxyl groups is 1. The van der Waals surface area contributed by atoms with E-state index in [9.17, 15) is 9.90 Å². The first-order valence-electron chi connectivity index (χ1n) is 9.15. The summed E-state index contributed by atoms with van der Waals surface area (Å²) in [7, 11) is 0. The number of nitrogens with one attached hydrogen (secondary N) is 1. The average Bonchev–Trinajstić information content (AvgIpc) is 3.11. The fourth-order valence-electron chi connectivity index (χ4n) is 3.84. The molecule has 0 radical (unpaired) electrons. The van der Waals surface area contributed by atoms with Gasteiger partial charge in [0.05, 0.1) is 0 Å². The SMILES string of the molecule is O=C1CCCC2=C1C(c1ccc(Cl)cc1)n1nc(-c3ccc(O)cc3)nc1N2. The number of halogens is 1. The number of fused-ring (bicyclic) bond motifs is 1. The number of ketones is 1. The van der Waals surface area contributed by atoms with Crippen molar-refractivity contribution in [1.29, 1.82) is 0 Å². The molecule has 1 atom stereocenters. The average molecular weight is 393 g/mol. The van der Waals surface area contributed by atoms with Crippen LogP contribution in [0.25, 0.3) is 11.4 Å². The highest BCUT2D eigenvalue weighted by Gasteiger charge is 2.36. The van der Waals surface area contributed by atoms with Gasteiger partial charge >= 0.3 is 0 Å². The minimum Gasteiger partial charge on any atom is -0.508 e. The van der Waals surface area contributed by atoms with Gasteiger partial charge in [0.2, 0.25) is 5.95 Å². The molecular weight excluding hydrogens is 376 g/mol. The molecule has 140 valence electrons. The smallest absolute Gasteiger partial charge is 0.226 e. The summed E-state index contributed by atoms with van der Waals surface area (Å²) in [5, 5.41) is 18.2. The highest BCUT2D eigenvalue weighted by atomic mass is 35.5. The van der Waals surface area contributed by atoms with Crippen LogP contribution in [0.1, 0.15) is 30.9 Å². The van der Waals surface area contributed by atoms with Gasteiger partial charge in [0.1, 0.15) is 11.8 Å². The van der Waals surface area contributed by atoms with Gasteiger partial charge < -0.3 is 10.4 Å². The molecule has 1 aliphatic heterocycles. The van der Waals surface area contributed by atoms with Crippen molar-refractivity contribution in [3.05, 3.63) is 70.4 Å². The molecule has 2 aromatic carbocycles. The molecule has 0 bridgehead atoms. The highest BCUT2D eigenvalue weighted by Crippen LogP contribution is 2.40. The van der Waals surface area contributed by atoms with Gasteiger partial charge in [-0.3, -0.25) is 4.79 Å². The number of Topliss-reactive ketones (excluding diaryl/α,β-unsaturated/α-hetero) is 1. The quantitative estimate of drug-likeness (QED) is 0.678. The summed E-state index contributed by atoms with van der Waals surface area (Å²) in [6.45, 7) is 0. The molecule has 6 nitrogen and oxygen atoms in total. The number of carbonyl (C=O) groups excluding carboxylic acids is 1. The predicted molar refractivity (Wildman–Crippen MR) is 106 cm³/mol. The molecule has 5 rings (SSSR count). The minimum absolute atomic E-state index is 0.140. The summed E-state index contributed by atoms with van der Waals surface area (Å²) in [5.41, 5.74) is 3.41. The number of benzene rings is 2. The van der Waals surface area contributed by atoms with Gasteiger partial charge in [0.15, 0.2) is 11.6 Å². The van der Waals surface area contributed by atoms with Crippen LogP contribution in [0.4, 0.5) is 5.95 Å². The molecule has 2 N–H and O–H groups in total. The van der Waals surface area contributed by atoms with Gasteiger partial charge in [-0.2, -0.15) is 4.98 Å². The Morgan fingerprint density at radius 2 is 1.82 bits per heavy atom. The molecule has 0 fully saturated rings. The fourth-order valence-corrected chi connectivity index (χ4v) is 3.97. The van der Waals surface area contributed by atoms with E-state index in [1.165, 1.54) is 0 Å². The fraction of sp³-hybridized carbons (Fsp3) is 0.190. The molecule has 0 saturated carbocycles. The van der Waals surface area contributed by atoms with E-state index in [4.69, 9.17) is 16.7 Å². The summed E-state index contributed by atoms with van der Waals surface area (Å²) >= 11 is 6.07. The first-order valence-corrected chi connectivity index (χ1v) is 9.52. The van der Waals surface area contributed by atoms with Gasteiger partial charge in [0.25, 0.3) is 0 Å². The Kier molecular flexibility index (Phi) is 3.94. The molecule has 3 aromatic rings. The monoisotopic (exact) mass is 392 g/mol. The summed E-state index contributed by atoms with van der Waals surface area (Å²) < 4.78 is 1.77. The van der Waals surface area contributed by atoms with Crippen molar-refractivity contribution in [3.8, 4) is 17.1 Å². The van der Waals surface area contributed by atoms with E-state index in [1.807, 2.05) is 24.3 Å². The summed E-state index contributed by atoms with van der Waals surface area (Å²) in [6, 6.07) is 13.9. The third-order valence-electron chi connectivity index (χ3n) is 5.18. The van der Waals surface area contributed by atoms with Crippen LogP contribution in [0.3, 0.4) is 0 Å². The van der Waals surface area contributed by atoms with Gasteiger partial charge in [0, 0.05) is 28.3 Å². The number of allylic oxidation sites excluding steroid dienone is 2. The maximum absolute atomic E-state index is 12.8. The maximum atomic E-state index is 12.8. The number of phenols is 1. The Labute approximate surface area is 166 Å². The van der Waals surface area contributed by atoms with E-state index in [0.29, 0.717) is 23.2 Å². The van der Waals surface area contributed by atoms with Crippen LogP contribution >= 0.6 is 11.6 Å². The number of phenolic OH excluding ortho intramolecular Hbond substituents is 1. The van der Waals surface area contributed by atoms with Crippen molar-refractivity contribution in [2.45, 2.75) is 25.3 Å². The van der Waals surface area contributed by atoms with Crippen molar-refractivity contribution in [2.75, 3.05) is 5.32 Å². The Morgan fingerprint density at radius 1 is 1.07 bits per heavy atom. The first-order chi connectivity index (χ1) is 13.6. The van der Waals surface area contributed by atoms with Crippen LogP contribution in [0.5, 0.6) is 5.75 Å². The van der Waals surface area contributed by atoms with Crippen LogP contribution in [0.2, 0.25) is 5.02 Å². The van der Waals surface area contributed by atoms with Crippen LogP contribution in [-0.2, 0) is 4.79 Å². The second-order valence-corrected chi connectivity index (χ2v) is 7.43. The molecule has 1 aliphatic carbocycles. The normalized spacial score (nSPS) is 18.5. The van der Waals surface area contributed by atoms with Gasteiger partial charge in [-0.15, -0.1) is 5.10 Å². The molecule has 1 aromatic heterocycles. The highest BCUT2D eigenvalue weighted by molar-refractivity contribution is 6.30. The largest absolute Gasteiger partial charge is 0.508 e. The summed E-state index contributed by atoms with van der Waals surface area (Å²) in [5.74, 6) is 1.47. The van der Waals surface area contributed by atoms with E-state index in [1.54, 1.807) is 28.9 Å². The lowest BCUT2D eigenvalue weighted by Gasteiger charge is -2.32. The maximum Gasteiger partial charge on any atom is 0.226 e. The number of aromatic nitrogens is 3. The topological polar surface area (TPSA) is 80.0 Å². The van der Waals surface area contributed by atoms with Crippen LogP contribution < -0.4 is 5.32 Å². The summed E-state index contributed by atoms with van der Waals surface area (Å²) in [4.78, 5) is 17.4. The van der Waals surface area contributed by atoms with Crippen LogP contribution in [0.15, 0.2) is 59.8 Å². The lowest BCUT2D eigenvalue weighted by molar-refractivity contribution is -0.116. The van der Waals surface area contributed by atoms with Crippen molar-refractivity contribution in [3.63, 3.8) is 0 Å². The van der Waals surface area contributed by atoms with Crippen molar-refractivity contribution in [1.82, 2.24) is 14.8 Å². The first kappa shape index (κ1) is 17.0. The molecule has 7 heteroatoms. The molecule has 2 heterocycles. The molecule has 28 heavy (non-hydrogen) atoms. The Bertz CT molecular complexity index is 1100. The lowest BCUT2D eigenvalue weighted by Crippen LogP contribution is -2.31. The van der Waals surface area contributed by atoms with Gasteiger partial charge in [-0.05, 0) is 54.8 Å². The lowest BCUT2D eigenvalue weighted by atomic mass is 9.85. The van der Waals surface area contributed by atoms with E-state index < -0.39 is 0 Å². The molecule has 0 spiro atoms. The standard InChI is InChI=1S/C21H17ClN4O2/c22-14-8-4-12(5-9-14)19-18-16(2-1-3-17(18)28)23-21-24-20(25-26(19)21)13-6-10-15(27)11-7-13/h4-11,19,27H,1-3H2,(H,23,24,25). The second-order valence-electron chi connectivity index (χ2n) is 7.00. The van der Waals surface area contributed by atoms with Crippen molar-refractivity contribution in [2.24, 2.45) is 0 Å². The predicted octanol–water partition coefficient (Wildman–Crippen LogP) is 4.33. The molecule has 0 amide bonds. The van der Waals surface area contributed by atoms with Crippen LogP contribution in [0, 0.1) is 0 Å². The zero-order valence-corrected chi connectivity index (χ0v) is 15.6. The zero-order valence-electron chi connectivity index (χ0n) is 14.9.